The standard InChI is InChI=1S/C18H20N2O5/c1-13-5-7-14(8-6-13)19-16-12-15(9-10-17(16)20(23)24)25-11-3-2-4-18(21)22/h5-10,12,19H,2-4,11H2,1H3,(H,21,22). The Kier molecular flexibility index (Phi) is 6.33. The molecule has 0 aliphatic carbocycles. The van der Waals surface area contributed by atoms with Gasteiger partial charge < -0.3 is 15.2 Å². The van der Waals surface area contributed by atoms with E-state index in [1.54, 1.807) is 6.07 Å². The van der Waals surface area contributed by atoms with E-state index in [1.165, 1.54) is 12.1 Å². The molecule has 7 heteroatoms. The number of nitro benzene ring substituents is 1. The zero-order valence-electron chi connectivity index (χ0n) is 13.9. The van der Waals surface area contributed by atoms with Gasteiger partial charge in [-0.15, -0.1) is 0 Å². The van der Waals surface area contributed by atoms with Crippen molar-refractivity contribution in [3.63, 3.8) is 0 Å². The van der Waals surface area contributed by atoms with Crippen molar-refractivity contribution in [1.29, 1.82) is 0 Å². The fourth-order valence-electron chi connectivity index (χ4n) is 2.22. The number of benzene rings is 2. The summed E-state index contributed by atoms with van der Waals surface area (Å²) < 4.78 is 5.56. The van der Waals surface area contributed by atoms with Gasteiger partial charge in [0, 0.05) is 24.2 Å². The molecule has 0 fully saturated rings. The molecule has 2 rings (SSSR count). The highest BCUT2D eigenvalue weighted by Crippen LogP contribution is 2.31. The summed E-state index contributed by atoms with van der Waals surface area (Å²) in [6, 6.07) is 12.0. The van der Waals surface area contributed by atoms with Crippen LogP contribution in [0.15, 0.2) is 42.5 Å². The topological polar surface area (TPSA) is 102 Å². The van der Waals surface area contributed by atoms with Crippen molar-refractivity contribution in [3.8, 4) is 5.75 Å². The maximum Gasteiger partial charge on any atom is 0.303 e. The molecule has 0 atom stereocenters. The molecule has 0 saturated heterocycles. The first-order valence-electron chi connectivity index (χ1n) is 7.92. The van der Waals surface area contributed by atoms with Gasteiger partial charge in [-0.1, -0.05) is 17.7 Å². The number of aryl methyl sites for hydroxylation is 1. The lowest BCUT2D eigenvalue weighted by Crippen LogP contribution is -2.02. The minimum absolute atomic E-state index is 0.0428. The monoisotopic (exact) mass is 344 g/mol. The van der Waals surface area contributed by atoms with Crippen LogP contribution >= 0.6 is 0 Å². The predicted molar refractivity (Wildman–Crippen MR) is 94.5 cm³/mol. The highest BCUT2D eigenvalue weighted by molar-refractivity contribution is 5.71. The summed E-state index contributed by atoms with van der Waals surface area (Å²) in [5.74, 6) is -0.338. The van der Waals surface area contributed by atoms with Gasteiger partial charge in [0.15, 0.2) is 0 Å². The van der Waals surface area contributed by atoms with Crippen LogP contribution < -0.4 is 10.1 Å². The Morgan fingerprint density at radius 1 is 1.20 bits per heavy atom. The molecule has 2 aromatic carbocycles. The highest BCUT2D eigenvalue weighted by atomic mass is 16.6. The number of carboxylic acids is 1. The Balaban J connectivity index is 2.06. The van der Waals surface area contributed by atoms with Gasteiger partial charge in [-0.3, -0.25) is 14.9 Å². The summed E-state index contributed by atoms with van der Waals surface area (Å²) in [4.78, 5) is 21.2. The second kappa shape index (κ2) is 8.68. The molecule has 0 radical (unpaired) electrons. The summed E-state index contributed by atoms with van der Waals surface area (Å²) in [5.41, 5.74) is 2.14. The number of nitro groups is 1. The molecule has 0 unspecified atom stereocenters. The van der Waals surface area contributed by atoms with Gasteiger partial charge in [0.05, 0.1) is 11.5 Å². The van der Waals surface area contributed by atoms with E-state index in [-0.39, 0.29) is 12.1 Å². The second-order valence-electron chi connectivity index (χ2n) is 5.63. The Hall–Kier alpha value is -3.09. The number of anilines is 2. The predicted octanol–water partition coefficient (Wildman–Crippen LogP) is 4.28. The molecular weight excluding hydrogens is 324 g/mol. The second-order valence-corrected chi connectivity index (χ2v) is 5.63. The fourth-order valence-corrected chi connectivity index (χ4v) is 2.22. The molecule has 0 saturated carbocycles. The van der Waals surface area contributed by atoms with E-state index >= 15 is 0 Å². The lowest BCUT2D eigenvalue weighted by Gasteiger charge is -2.11. The summed E-state index contributed by atoms with van der Waals surface area (Å²) >= 11 is 0. The van der Waals surface area contributed by atoms with Crippen LogP contribution in [0.5, 0.6) is 5.75 Å². The van der Waals surface area contributed by atoms with Gasteiger partial charge in [0.25, 0.3) is 5.69 Å². The van der Waals surface area contributed by atoms with Crippen molar-refractivity contribution in [1.82, 2.24) is 0 Å². The summed E-state index contributed by atoms with van der Waals surface area (Å²) in [5, 5.41) is 22.8. The van der Waals surface area contributed by atoms with Gasteiger partial charge in [-0.2, -0.15) is 0 Å². The molecule has 0 aliphatic rings. The number of hydrogen-bond donors (Lipinski definition) is 2. The van der Waals surface area contributed by atoms with Gasteiger partial charge in [-0.25, -0.2) is 0 Å². The lowest BCUT2D eigenvalue weighted by molar-refractivity contribution is -0.383. The molecule has 25 heavy (non-hydrogen) atoms. The number of nitrogens with zero attached hydrogens (tertiary/aromatic N) is 1. The minimum atomic E-state index is -0.833. The molecule has 0 heterocycles. The number of rotatable bonds is 9. The normalized spacial score (nSPS) is 10.3. The molecule has 2 N–H and O–H groups in total. The van der Waals surface area contributed by atoms with Crippen LogP contribution in [0.1, 0.15) is 24.8 Å². The summed E-state index contributed by atoms with van der Waals surface area (Å²) in [6.07, 6.45) is 1.23. The van der Waals surface area contributed by atoms with E-state index in [0.29, 0.717) is 30.9 Å². The SMILES string of the molecule is Cc1ccc(Nc2cc(OCCCCC(=O)O)ccc2[N+](=O)[O-])cc1. The highest BCUT2D eigenvalue weighted by Gasteiger charge is 2.15. The molecular formula is C18H20N2O5. The smallest absolute Gasteiger partial charge is 0.303 e. The Morgan fingerprint density at radius 3 is 2.56 bits per heavy atom. The molecule has 0 spiro atoms. The van der Waals surface area contributed by atoms with Gasteiger partial charge in [0.1, 0.15) is 11.4 Å². The van der Waals surface area contributed by atoms with Crippen molar-refractivity contribution in [2.45, 2.75) is 26.2 Å². The summed E-state index contributed by atoms with van der Waals surface area (Å²) in [6.45, 7) is 2.32. The Bertz CT molecular complexity index is 744. The molecule has 0 aromatic heterocycles. The quantitative estimate of drug-likeness (QED) is 0.400. The number of ether oxygens (including phenoxy) is 1. The van der Waals surface area contributed by atoms with Crippen molar-refractivity contribution < 1.29 is 19.6 Å². The molecule has 0 aliphatic heterocycles. The third-order valence-corrected chi connectivity index (χ3v) is 3.55. The molecule has 7 nitrogen and oxygen atoms in total. The van der Waals surface area contributed by atoms with Crippen LogP contribution in [-0.2, 0) is 4.79 Å². The van der Waals surface area contributed by atoms with Crippen LogP contribution in [0.4, 0.5) is 17.1 Å². The number of nitrogens with one attached hydrogen (secondary N) is 1. The number of carbonyl (C=O) groups is 1. The Morgan fingerprint density at radius 2 is 1.92 bits per heavy atom. The van der Waals surface area contributed by atoms with E-state index in [4.69, 9.17) is 9.84 Å². The molecule has 132 valence electrons. The number of aliphatic carboxylic acids is 1. The largest absolute Gasteiger partial charge is 0.494 e. The third kappa shape index (κ3) is 5.80. The van der Waals surface area contributed by atoms with Crippen LogP contribution in [0, 0.1) is 17.0 Å². The van der Waals surface area contributed by atoms with Crippen molar-refractivity contribution in [2.75, 3.05) is 11.9 Å². The van der Waals surface area contributed by atoms with Gasteiger partial charge in [-0.05, 0) is 38.0 Å². The first-order valence-corrected chi connectivity index (χ1v) is 7.92. The van der Waals surface area contributed by atoms with E-state index in [2.05, 4.69) is 5.32 Å². The van der Waals surface area contributed by atoms with Crippen LogP contribution in [0.3, 0.4) is 0 Å². The average Bonchev–Trinajstić information content (AvgIpc) is 2.56. The first kappa shape index (κ1) is 18.3. The number of carboxylic acid groups (broad SMARTS) is 1. The third-order valence-electron chi connectivity index (χ3n) is 3.55. The van der Waals surface area contributed by atoms with Crippen LogP contribution in [0.2, 0.25) is 0 Å². The summed E-state index contributed by atoms with van der Waals surface area (Å²) in [7, 11) is 0. The average molecular weight is 344 g/mol. The van der Waals surface area contributed by atoms with Gasteiger partial charge in [0.2, 0.25) is 0 Å². The number of unbranched alkanes of at least 4 members (excludes halogenated alkanes) is 1. The maximum atomic E-state index is 11.2. The number of hydrogen-bond acceptors (Lipinski definition) is 5. The minimum Gasteiger partial charge on any atom is -0.494 e. The van der Waals surface area contributed by atoms with E-state index in [0.717, 1.165) is 11.3 Å². The molecule has 2 aromatic rings. The van der Waals surface area contributed by atoms with Crippen molar-refractivity contribution >= 4 is 23.0 Å². The molecule has 0 amide bonds. The van der Waals surface area contributed by atoms with E-state index < -0.39 is 10.9 Å². The van der Waals surface area contributed by atoms with E-state index in [9.17, 15) is 14.9 Å². The molecule has 0 bridgehead atoms. The Labute approximate surface area is 145 Å². The maximum absolute atomic E-state index is 11.2. The lowest BCUT2D eigenvalue weighted by atomic mass is 10.2. The van der Waals surface area contributed by atoms with Crippen molar-refractivity contribution in [3.05, 3.63) is 58.1 Å². The van der Waals surface area contributed by atoms with E-state index in [1.807, 2.05) is 31.2 Å². The zero-order chi connectivity index (χ0) is 18.2. The van der Waals surface area contributed by atoms with Crippen LogP contribution in [-0.4, -0.2) is 22.6 Å². The van der Waals surface area contributed by atoms with Crippen LogP contribution in [0.25, 0.3) is 0 Å². The first-order chi connectivity index (χ1) is 12.0. The van der Waals surface area contributed by atoms with Gasteiger partial charge >= 0.3 is 5.97 Å². The zero-order valence-corrected chi connectivity index (χ0v) is 13.9. The van der Waals surface area contributed by atoms with Crippen molar-refractivity contribution in [2.24, 2.45) is 0 Å². The fraction of sp³-hybridized carbons (Fsp3) is 0.278.